The van der Waals surface area contributed by atoms with E-state index in [2.05, 4.69) is 6.07 Å². The van der Waals surface area contributed by atoms with Crippen LogP contribution in [0.5, 0.6) is 0 Å². The number of hydrogen-bond donors (Lipinski definition) is 1. The van der Waals surface area contributed by atoms with Crippen LogP contribution in [0.2, 0.25) is 0 Å². The second-order valence-corrected chi connectivity index (χ2v) is 4.93. The highest BCUT2D eigenvalue weighted by molar-refractivity contribution is 5.85. The Kier molecular flexibility index (Phi) is 4.95. The molecule has 0 aromatic carbocycles. The minimum atomic E-state index is -0.985. The Morgan fingerprint density at radius 2 is 1.88 bits per heavy atom. The summed E-state index contributed by atoms with van der Waals surface area (Å²) in [5, 5.41) is 18.7. The van der Waals surface area contributed by atoms with Gasteiger partial charge in [-0.3, -0.25) is 4.79 Å². The van der Waals surface area contributed by atoms with Crippen molar-refractivity contribution >= 4 is 5.91 Å². The maximum Gasteiger partial charge on any atom is 0.242 e. The smallest absolute Gasteiger partial charge is 0.242 e. The third-order valence-electron chi connectivity index (χ3n) is 2.67. The maximum absolute atomic E-state index is 12.1. The van der Waals surface area contributed by atoms with Gasteiger partial charge in [0.05, 0.1) is 11.7 Å². The van der Waals surface area contributed by atoms with E-state index >= 15 is 0 Å². The van der Waals surface area contributed by atoms with E-state index in [4.69, 9.17) is 5.26 Å². The third kappa shape index (κ3) is 3.82. The Morgan fingerprint density at radius 1 is 1.38 bits per heavy atom. The Bertz CT molecular complexity index is 288. The molecule has 92 valence electrons. The van der Waals surface area contributed by atoms with Crippen molar-refractivity contribution in [3.05, 3.63) is 0 Å². The molecule has 4 nitrogen and oxygen atoms in total. The van der Waals surface area contributed by atoms with Crippen LogP contribution < -0.4 is 0 Å². The molecule has 4 heteroatoms. The molecule has 0 aromatic rings. The van der Waals surface area contributed by atoms with Gasteiger partial charge in [-0.05, 0) is 34.1 Å². The average Bonchev–Trinajstić information content (AvgIpc) is 2.22. The van der Waals surface area contributed by atoms with Crippen LogP contribution in [-0.2, 0) is 4.79 Å². The summed E-state index contributed by atoms with van der Waals surface area (Å²) < 4.78 is 0. The molecule has 0 heterocycles. The van der Waals surface area contributed by atoms with E-state index in [1.165, 1.54) is 4.90 Å². The third-order valence-corrected chi connectivity index (χ3v) is 2.67. The molecular weight excluding hydrogens is 204 g/mol. The van der Waals surface area contributed by atoms with Gasteiger partial charge in [-0.25, -0.2) is 0 Å². The lowest BCUT2D eigenvalue weighted by atomic mass is 9.87. The Morgan fingerprint density at radius 3 is 2.12 bits per heavy atom. The minimum absolute atomic E-state index is 0.206. The summed E-state index contributed by atoms with van der Waals surface area (Å²) in [7, 11) is 0. The van der Waals surface area contributed by atoms with Crippen molar-refractivity contribution in [1.82, 2.24) is 4.90 Å². The van der Waals surface area contributed by atoms with Crippen LogP contribution in [0.4, 0.5) is 0 Å². The van der Waals surface area contributed by atoms with Gasteiger partial charge < -0.3 is 10.0 Å². The molecule has 0 spiro atoms. The number of carbonyl (C=O) groups is 1. The molecule has 0 saturated heterocycles. The summed E-state index contributed by atoms with van der Waals surface area (Å²) in [4.78, 5) is 13.7. The van der Waals surface area contributed by atoms with Gasteiger partial charge in [0.1, 0.15) is 5.41 Å². The molecule has 1 atom stereocenters. The number of rotatable bonds is 5. The first-order valence-electron chi connectivity index (χ1n) is 5.63. The summed E-state index contributed by atoms with van der Waals surface area (Å²) >= 11 is 0. The van der Waals surface area contributed by atoms with Gasteiger partial charge in [-0.15, -0.1) is 0 Å². The first-order valence-corrected chi connectivity index (χ1v) is 5.63. The Labute approximate surface area is 97.9 Å². The molecule has 0 radical (unpaired) electrons. The zero-order valence-electron chi connectivity index (χ0n) is 10.9. The summed E-state index contributed by atoms with van der Waals surface area (Å²) in [5.41, 5.74) is -1.92. The molecule has 0 aliphatic heterocycles. The number of carbonyl (C=O) groups excluding carboxylic acids is 1. The molecule has 0 fully saturated rings. The molecule has 16 heavy (non-hydrogen) atoms. The van der Waals surface area contributed by atoms with Gasteiger partial charge in [0.2, 0.25) is 5.91 Å². The molecule has 0 aliphatic rings. The lowest BCUT2D eigenvalue weighted by Crippen LogP contribution is -2.47. The van der Waals surface area contributed by atoms with E-state index in [0.717, 1.165) is 0 Å². The standard InChI is InChI=1S/C12H22N2O2/c1-6-12(5,8-13)10(15)14(7-2)9-11(3,4)16/h16H,6-7,9H2,1-5H3. The van der Waals surface area contributed by atoms with E-state index in [9.17, 15) is 9.90 Å². The van der Waals surface area contributed by atoms with Crippen LogP contribution in [0.3, 0.4) is 0 Å². The predicted octanol–water partition coefficient (Wildman–Crippen LogP) is 1.55. The van der Waals surface area contributed by atoms with Crippen molar-refractivity contribution in [2.45, 2.75) is 46.6 Å². The molecular formula is C12H22N2O2. The Balaban J connectivity index is 4.87. The molecule has 1 amide bonds. The van der Waals surface area contributed by atoms with Gasteiger partial charge in [-0.2, -0.15) is 5.26 Å². The van der Waals surface area contributed by atoms with Crippen molar-refractivity contribution < 1.29 is 9.90 Å². The number of hydrogen-bond acceptors (Lipinski definition) is 3. The number of nitrogens with zero attached hydrogens (tertiary/aromatic N) is 2. The number of likely N-dealkylation sites (N-methyl/N-ethyl adjacent to an activating group) is 1. The summed E-state index contributed by atoms with van der Waals surface area (Å²) in [6, 6.07) is 2.06. The maximum atomic E-state index is 12.1. The molecule has 1 N–H and O–H groups in total. The van der Waals surface area contributed by atoms with E-state index < -0.39 is 11.0 Å². The van der Waals surface area contributed by atoms with Crippen LogP contribution in [0, 0.1) is 16.7 Å². The van der Waals surface area contributed by atoms with Crippen LogP contribution in [0.1, 0.15) is 41.0 Å². The van der Waals surface area contributed by atoms with Crippen LogP contribution in [0.25, 0.3) is 0 Å². The largest absolute Gasteiger partial charge is 0.389 e. The SMILES string of the molecule is CCN(CC(C)(C)O)C(=O)C(C)(C#N)CC. The van der Waals surface area contributed by atoms with Gasteiger partial charge in [-0.1, -0.05) is 6.92 Å². The highest BCUT2D eigenvalue weighted by atomic mass is 16.3. The van der Waals surface area contributed by atoms with Crippen molar-refractivity contribution in [1.29, 1.82) is 5.26 Å². The first-order chi connectivity index (χ1) is 7.20. The van der Waals surface area contributed by atoms with E-state index in [1.807, 2.05) is 13.8 Å². The lowest BCUT2D eigenvalue weighted by Gasteiger charge is -2.32. The number of nitriles is 1. The minimum Gasteiger partial charge on any atom is -0.389 e. The van der Waals surface area contributed by atoms with Gasteiger partial charge in [0.15, 0.2) is 0 Å². The summed E-state index contributed by atoms with van der Waals surface area (Å²) in [6.45, 7) is 9.36. The first kappa shape index (κ1) is 14.9. The number of amides is 1. The van der Waals surface area contributed by atoms with Crippen LogP contribution >= 0.6 is 0 Å². The zero-order valence-corrected chi connectivity index (χ0v) is 10.9. The van der Waals surface area contributed by atoms with E-state index in [0.29, 0.717) is 13.0 Å². The molecule has 0 aliphatic carbocycles. The fraction of sp³-hybridized carbons (Fsp3) is 0.833. The molecule has 0 rings (SSSR count). The van der Waals surface area contributed by atoms with E-state index in [1.54, 1.807) is 20.8 Å². The van der Waals surface area contributed by atoms with Crippen LogP contribution in [-0.4, -0.2) is 34.6 Å². The van der Waals surface area contributed by atoms with Crippen molar-refractivity contribution in [3.63, 3.8) is 0 Å². The lowest BCUT2D eigenvalue weighted by molar-refractivity contribution is -0.141. The fourth-order valence-corrected chi connectivity index (χ4v) is 1.42. The second-order valence-electron chi connectivity index (χ2n) is 4.93. The normalized spacial score (nSPS) is 15.1. The van der Waals surface area contributed by atoms with Crippen LogP contribution in [0.15, 0.2) is 0 Å². The van der Waals surface area contributed by atoms with Gasteiger partial charge in [0, 0.05) is 13.1 Å². The van der Waals surface area contributed by atoms with Crippen molar-refractivity contribution in [2.24, 2.45) is 5.41 Å². The molecule has 0 aromatic heterocycles. The highest BCUT2D eigenvalue weighted by Gasteiger charge is 2.36. The van der Waals surface area contributed by atoms with E-state index in [-0.39, 0.29) is 12.5 Å². The molecule has 0 bridgehead atoms. The van der Waals surface area contributed by atoms with Crippen molar-refractivity contribution in [3.8, 4) is 6.07 Å². The highest BCUT2D eigenvalue weighted by Crippen LogP contribution is 2.23. The van der Waals surface area contributed by atoms with Gasteiger partial charge in [0.25, 0.3) is 0 Å². The predicted molar refractivity (Wildman–Crippen MR) is 62.6 cm³/mol. The van der Waals surface area contributed by atoms with Gasteiger partial charge >= 0.3 is 0 Å². The quantitative estimate of drug-likeness (QED) is 0.773. The zero-order chi connectivity index (χ0) is 13.0. The summed E-state index contributed by atoms with van der Waals surface area (Å²) in [6.07, 6.45) is 0.477. The average molecular weight is 226 g/mol. The summed E-state index contributed by atoms with van der Waals surface area (Å²) in [5.74, 6) is -0.206. The Hall–Kier alpha value is -1.08. The fourth-order valence-electron chi connectivity index (χ4n) is 1.42. The topological polar surface area (TPSA) is 64.3 Å². The monoisotopic (exact) mass is 226 g/mol. The molecule has 1 unspecified atom stereocenters. The van der Waals surface area contributed by atoms with Crippen molar-refractivity contribution in [2.75, 3.05) is 13.1 Å². The second kappa shape index (κ2) is 5.31. The molecule has 0 saturated carbocycles. The number of aliphatic hydroxyl groups is 1.